The van der Waals surface area contributed by atoms with E-state index in [2.05, 4.69) is 14.9 Å². The molecule has 0 unspecified atom stereocenters. The summed E-state index contributed by atoms with van der Waals surface area (Å²) in [4.78, 5) is 15.2. The van der Waals surface area contributed by atoms with Crippen LogP contribution in [0.5, 0.6) is 0 Å². The van der Waals surface area contributed by atoms with Crippen molar-refractivity contribution in [3.8, 4) is 0 Å². The van der Waals surface area contributed by atoms with E-state index in [1.807, 2.05) is 20.8 Å². The van der Waals surface area contributed by atoms with Gasteiger partial charge in [0.25, 0.3) is 0 Å². The number of nitrogens with zero attached hydrogens (tertiary/aromatic N) is 1. The predicted octanol–water partition coefficient (Wildman–Crippen LogP) is 1.53. The lowest BCUT2D eigenvalue weighted by Crippen LogP contribution is -2.50. The molecule has 28 heavy (non-hydrogen) atoms. The van der Waals surface area contributed by atoms with E-state index in [4.69, 9.17) is 4.74 Å². The van der Waals surface area contributed by atoms with Crippen molar-refractivity contribution in [2.24, 2.45) is 5.92 Å². The third-order valence-corrected chi connectivity index (χ3v) is 6.62. The smallest absolute Gasteiger partial charge is 0.241 e. The van der Waals surface area contributed by atoms with E-state index in [9.17, 15) is 13.2 Å². The van der Waals surface area contributed by atoms with Crippen molar-refractivity contribution < 1.29 is 17.9 Å². The highest BCUT2D eigenvalue weighted by molar-refractivity contribution is 7.89. The molecule has 1 saturated heterocycles. The van der Waals surface area contributed by atoms with Crippen LogP contribution in [0.2, 0.25) is 0 Å². The summed E-state index contributed by atoms with van der Waals surface area (Å²) in [5, 5.41) is 2.90. The number of hydrogen-bond donors (Lipinski definition) is 2. The molecule has 1 amide bonds. The highest BCUT2D eigenvalue weighted by Gasteiger charge is 2.29. The number of rotatable bonds is 10. The molecular formula is C20H33N3O4S. The molecule has 0 aromatic heterocycles. The molecule has 7 nitrogen and oxygen atoms in total. The number of amides is 1. The van der Waals surface area contributed by atoms with Gasteiger partial charge in [0.1, 0.15) is 6.04 Å². The zero-order valence-corrected chi connectivity index (χ0v) is 17.9. The molecule has 1 heterocycles. The van der Waals surface area contributed by atoms with Crippen LogP contribution in [-0.4, -0.2) is 64.7 Å². The Hall–Kier alpha value is -1.48. The third-order valence-electron chi connectivity index (χ3n) is 5.16. The number of nitrogens with one attached hydrogen (secondary N) is 2. The molecule has 0 saturated carbocycles. The minimum Gasteiger partial charge on any atom is -0.379 e. The Labute approximate surface area is 168 Å². The summed E-state index contributed by atoms with van der Waals surface area (Å²) in [5.41, 5.74) is 0.982. The summed E-state index contributed by atoms with van der Waals surface area (Å²) < 4.78 is 33.3. The van der Waals surface area contributed by atoms with Crippen molar-refractivity contribution in [1.82, 2.24) is 14.9 Å². The molecule has 1 aromatic rings. The topological polar surface area (TPSA) is 87.7 Å². The molecule has 1 aliphatic heterocycles. The average Bonchev–Trinajstić information content (AvgIpc) is 2.70. The molecule has 2 rings (SSSR count). The lowest BCUT2D eigenvalue weighted by Gasteiger charge is -2.27. The summed E-state index contributed by atoms with van der Waals surface area (Å²) in [6.07, 6.45) is 1.52. The third kappa shape index (κ3) is 6.84. The Kier molecular flexibility index (Phi) is 8.88. The minimum absolute atomic E-state index is 0.112. The first-order valence-corrected chi connectivity index (χ1v) is 11.5. The predicted molar refractivity (Wildman–Crippen MR) is 110 cm³/mol. The molecule has 0 aliphatic carbocycles. The number of carbonyl (C=O) groups is 1. The zero-order chi connectivity index (χ0) is 20.6. The second-order valence-electron chi connectivity index (χ2n) is 7.40. The maximum atomic E-state index is 12.7. The Morgan fingerprint density at radius 2 is 1.86 bits per heavy atom. The van der Waals surface area contributed by atoms with E-state index >= 15 is 0 Å². The molecule has 0 radical (unpaired) electrons. The van der Waals surface area contributed by atoms with E-state index in [0.717, 1.165) is 44.8 Å². The van der Waals surface area contributed by atoms with Crippen LogP contribution in [0.4, 0.5) is 0 Å². The standard InChI is InChI=1S/C20H33N3O4S/c1-4-17(3)19(22-28(25,26)18-8-6-16(2)7-9-18)20(24)21-10-5-11-23-12-14-27-15-13-23/h6-9,17,19,22H,4-5,10-15H2,1-3H3,(H,21,24)/t17-,19-/m1/s1. The van der Waals surface area contributed by atoms with E-state index in [-0.39, 0.29) is 16.7 Å². The van der Waals surface area contributed by atoms with Crippen LogP contribution in [-0.2, 0) is 19.6 Å². The van der Waals surface area contributed by atoms with Gasteiger partial charge in [0.15, 0.2) is 0 Å². The SMILES string of the molecule is CC[C@@H](C)[C@@H](NS(=O)(=O)c1ccc(C)cc1)C(=O)NCCCN1CCOCC1. The van der Waals surface area contributed by atoms with Crippen molar-refractivity contribution in [1.29, 1.82) is 0 Å². The van der Waals surface area contributed by atoms with E-state index in [1.54, 1.807) is 24.3 Å². The molecule has 8 heteroatoms. The van der Waals surface area contributed by atoms with Crippen LogP contribution in [0.25, 0.3) is 0 Å². The van der Waals surface area contributed by atoms with Gasteiger partial charge in [-0.05, 0) is 37.9 Å². The summed E-state index contributed by atoms with van der Waals surface area (Å²) >= 11 is 0. The fourth-order valence-electron chi connectivity index (χ4n) is 3.07. The largest absolute Gasteiger partial charge is 0.379 e. The number of carbonyl (C=O) groups excluding carboxylic acids is 1. The van der Waals surface area contributed by atoms with Gasteiger partial charge in [-0.25, -0.2) is 8.42 Å². The minimum atomic E-state index is -3.76. The Balaban J connectivity index is 1.92. The number of aryl methyl sites for hydroxylation is 1. The Morgan fingerprint density at radius 1 is 1.21 bits per heavy atom. The van der Waals surface area contributed by atoms with Crippen LogP contribution in [0.3, 0.4) is 0 Å². The van der Waals surface area contributed by atoms with Crippen molar-refractivity contribution in [3.05, 3.63) is 29.8 Å². The van der Waals surface area contributed by atoms with Gasteiger partial charge in [0, 0.05) is 19.6 Å². The molecule has 2 atom stereocenters. The Morgan fingerprint density at radius 3 is 2.46 bits per heavy atom. The number of morpholine rings is 1. The van der Waals surface area contributed by atoms with Crippen molar-refractivity contribution in [2.75, 3.05) is 39.4 Å². The number of ether oxygens (including phenoxy) is 1. The van der Waals surface area contributed by atoms with Gasteiger partial charge >= 0.3 is 0 Å². The molecule has 1 fully saturated rings. The van der Waals surface area contributed by atoms with Crippen LogP contribution in [0.1, 0.15) is 32.3 Å². The quantitative estimate of drug-likeness (QED) is 0.570. The molecule has 1 aliphatic rings. The summed E-state index contributed by atoms with van der Waals surface area (Å²) in [6, 6.07) is 5.83. The molecule has 1 aromatic carbocycles. The number of sulfonamides is 1. The summed E-state index contributed by atoms with van der Waals surface area (Å²) in [6.45, 7) is 10.5. The monoisotopic (exact) mass is 411 g/mol. The maximum Gasteiger partial charge on any atom is 0.241 e. The van der Waals surface area contributed by atoms with E-state index in [1.165, 1.54) is 0 Å². The highest BCUT2D eigenvalue weighted by atomic mass is 32.2. The van der Waals surface area contributed by atoms with Gasteiger partial charge in [-0.1, -0.05) is 38.0 Å². The van der Waals surface area contributed by atoms with Gasteiger partial charge in [-0.15, -0.1) is 0 Å². The molecule has 158 valence electrons. The first kappa shape index (κ1) is 22.8. The fraction of sp³-hybridized carbons (Fsp3) is 0.650. The fourth-order valence-corrected chi connectivity index (χ4v) is 4.37. The van der Waals surface area contributed by atoms with E-state index < -0.39 is 16.1 Å². The summed E-state index contributed by atoms with van der Waals surface area (Å²) in [5.74, 6) is -0.383. The molecular weight excluding hydrogens is 378 g/mol. The number of hydrogen-bond acceptors (Lipinski definition) is 5. The van der Waals surface area contributed by atoms with Gasteiger partial charge < -0.3 is 10.1 Å². The van der Waals surface area contributed by atoms with E-state index in [0.29, 0.717) is 13.0 Å². The van der Waals surface area contributed by atoms with Gasteiger partial charge in [-0.3, -0.25) is 9.69 Å². The van der Waals surface area contributed by atoms with Crippen molar-refractivity contribution >= 4 is 15.9 Å². The zero-order valence-electron chi connectivity index (χ0n) is 17.1. The van der Waals surface area contributed by atoms with Crippen molar-refractivity contribution in [2.45, 2.75) is 44.6 Å². The lowest BCUT2D eigenvalue weighted by molar-refractivity contribution is -0.123. The normalized spacial score (nSPS) is 17.8. The molecule has 0 spiro atoms. The van der Waals surface area contributed by atoms with Crippen LogP contribution >= 0.6 is 0 Å². The molecule has 0 bridgehead atoms. The average molecular weight is 412 g/mol. The van der Waals surface area contributed by atoms with Crippen LogP contribution < -0.4 is 10.0 Å². The van der Waals surface area contributed by atoms with Crippen LogP contribution in [0.15, 0.2) is 29.2 Å². The Bertz CT molecular complexity index is 715. The second-order valence-corrected chi connectivity index (χ2v) is 9.11. The van der Waals surface area contributed by atoms with Gasteiger partial charge in [0.05, 0.1) is 18.1 Å². The maximum absolute atomic E-state index is 12.7. The van der Waals surface area contributed by atoms with Crippen LogP contribution in [0, 0.1) is 12.8 Å². The first-order chi connectivity index (χ1) is 13.3. The first-order valence-electron chi connectivity index (χ1n) is 10.0. The van der Waals surface area contributed by atoms with Gasteiger partial charge in [-0.2, -0.15) is 4.72 Å². The second kappa shape index (κ2) is 10.9. The highest BCUT2D eigenvalue weighted by Crippen LogP contribution is 2.15. The van der Waals surface area contributed by atoms with Gasteiger partial charge in [0.2, 0.25) is 15.9 Å². The number of benzene rings is 1. The summed E-state index contributed by atoms with van der Waals surface area (Å²) in [7, 11) is -3.76. The lowest BCUT2D eigenvalue weighted by atomic mass is 9.99. The molecule has 2 N–H and O–H groups in total. The van der Waals surface area contributed by atoms with Crippen molar-refractivity contribution in [3.63, 3.8) is 0 Å².